The van der Waals surface area contributed by atoms with Crippen molar-refractivity contribution in [3.05, 3.63) is 11.8 Å². The topological polar surface area (TPSA) is 42.0 Å². The van der Waals surface area contributed by atoms with E-state index in [1.807, 2.05) is 13.0 Å². The van der Waals surface area contributed by atoms with Crippen molar-refractivity contribution < 1.29 is 9.18 Å². The molecule has 0 unspecified atom stereocenters. The van der Waals surface area contributed by atoms with Crippen LogP contribution in [0.3, 0.4) is 0 Å². The normalized spacial score (nSPS) is 36.7. The van der Waals surface area contributed by atoms with Crippen molar-refractivity contribution >= 4 is 22.4 Å². The summed E-state index contributed by atoms with van der Waals surface area (Å²) in [5, 5.41) is 3.57. The van der Waals surface area contributed by atoms with E-state index >= 15 is 0 Å². The molecule has 1 aromatic heterocycles. The number of anilines is 1. The average Bonchev–Trinajstić information content (AvgIpc) is 2.43. The van der Waals surface area contributed by atoms with Crippen LogP contribution < -0.4 is 5.32 Å². The minimum Gasteiger partial charge on any atom is -0.316 e. The second-order valence-corrected chi connectivity index (χ2v) is 5.55. The van der Waals surface area contributed by atoms with Crippen molar-refractivity contribution in [3.8, 4) is 0 Å². The van der Waals surface area contributed by atoms with Gasteiger partial charge in [-0.25, -0.2) is 4.39 Å². The van der Waals surface area contributed by atoms with Crippen LogP contribution in [0.2, 0.25) is 0 Å². The number of alkyl halides is 1. The lowest BCUT2D eigenvalue weighted by molar-refractivity contribution is -0.209. The fourth-order valence-corrected chi connectivity index (χ4v) is 3.23. The summed E-state index contributed by atoms with van der Waals surface area (Å²) in [6.45, 7) is 1.88. The molecule has 0 saturated heterocycles. The lowest BCUT2D eigenvalue weighted by atomic mass is 9.42. The third kappa shape index (κ3) is 1.22. The maximum atomic E-state index is 13.2. The summed E-state index contributed by atoms with van der Waals surface area (Å²) in [5.41, 5.74) is -0.511. The summed E-state index contributed by atoms with van der Waals surface area (Å²) in [7, 11) is 0. The number of nitrogens with one attached hydrogen (secondary N) is 1. The summed E-state index contributed by atoms with van der Waals surface area (Å²) in [6, 6.07) is 1.83. The number of hydrogen-bond acceptors (Lipinski definition) is 3. The van der Waals surface area contributed by atoms with Gasteiger partial charge in [-0.15, -0.1) is 0 Å². The molecule has 1 N–H and O–H groups in total. The number of amides is 1. The van der Waals surface area contributed by atoms with Crippen molar-refractivity contribution in [1.82, 2.24) is 4.37 Å². The second kappa shape index (κ2) is 2.58. The van der Waals surface area contributed by atoms with E-state index < -0.39 is 11.1 Å². The monoisotopic (exact) mass is 226 g/mol. The molecule has 3 nitrogen and oxygen atoms in total. The first kappa shape index (κ1) is 9.27. The molecule has 3 aliphatic carbocycles. The Bertz CT molecular complexity index is 423. The van der Waals surface area contributed by atoms with Gasteiger partial charge in [-0.05, 0) is 43.8 Å². The Balaban J connectivity index is 1.68. The second-order valence-electron chi connectivity index (χ2n) is 4.75. The molecule has 1 amide bonds. The molecule has 0 aliphatic heterocycles. The van der Waals surface area contributed by atoms with Crippen LogP contribution in [0.5, 0.6) is 0 Å². The van der Waals surface area contributed by atoms with Crippen LogP contribution in [0.4, 0.5) is 9.39 Å². The van der Waals surface area contributed by atoms with Crippen molar-refractivity contribution in [2.75, 3.05) is 5.32 Å². The lowest BCUT2D eigenvalue weighted by Crippen LogP contribution is -2.68. The van der Waals surface area contributed by atoms with Crippen LogP contribution in [0.15, 0.2) is 6.07 Å². The molecular weight excluding hydrogens is 215 g/mol. The van der Waals surface area contributed by atoms with E-state index in [1.54, 1.807) is 0 Å². The lowest BCUT2D eigenvalue weighted by Gasteiger charge is -2.64. The van der Waals surface area contributed by atoms with E-state index in [0.717, 1.165) is 10.7 Å². The van der Waals surface area contributed by atoms with Crippen LogP contribution >= 0.6 is 11.5 Å². The van der Waals surface area contributed by atoms with Gasteiger partial charge in [-0.3, -0.25) is 4.79 Å². The van der Waals surface area contributed by atoms with Gasteiger partial charge in [-0.1, -0.05) is 0 Å². The van der Waals surface area contributed by atoms with Gasteiger partial charge >= 0.3 is 0 Å². The van der Waals surface area contributed by atoms with E-state index in [2.05, 4.69) is 9.69 Å². The number of aromatic nitrogens is 1. The highest BCUT2D eigenvalue weighted by atomic mass is 32.1. The fourth-order valence-electron chi connectivity index (χ4n) is 2.57. The smallest absolute Gasteiger partial charge is 0.231 e. The number of aryl methyl sites for hydroxylation is 1. The molecule has 0 atom stereocenters. The predicted molar refractivity (Wildman–Crippen MR) is 55.6 cm³/mol. The summed E-state index contributed by atoms with van der Waals surface area (Å²) in [4.78, 5) is 11.8. The van der Waals surface area contributed by atoms with E-state index in [9.17, 15) is 9.18 Å². The van der Waals surface area contributed by atoms with E-state index in [0.29, 0.717) is 19.3 Å². The molecule has 0 aromatic carbocycles. The molecule has 3 saturated carbocycles. The van der Waals surface area contributed by atoms with Gasteiger partial charge < -0.3 is 5.32 Å². The van der Waals surface area contributed by atoms with E-state index in [1.165, 1.54) is 11.5 Å². The zero-order chi connectivity index (χ0) is 10.7. The highest BCUT2D eigenvalue weighted by Gasteiger charge is 2.72. The van der Waals surface area contributed by atoms with Crippen LogP contribution in [-0.4, -0.2) is 15.9 Å². The molecule has 1 aromatic rings. The Labute approximate surface area is 90.9 Å². The van der Waals surface area contributed by atoms with Crippen LogP contribution in [0.1, 0.15) is 25.0 Å². The fraction of sp³-hybridized carbons (Fsp3) is 0.600. The third-order valence-electron chi connectivity index (χ3n) is 3.31. The van der Waals surface area contributed by atoms with Crippen LogP contribution in [-0.2, 0) is 4.79 Å². The van der Waals surface area contributed by atoms with Crippen molar-refractivity contribution in [1.29, 1.82) is 0 Å². The first-order valence-corrected chi connectivity index (χ1v) is 5.73. The van der Waals surface area contributed by atoms with Crippen molar-refractivity contribution in [2.45, 2.75) is 31.9 Å². The van der Waals surface area contributed by atoms with Gasteiger partial charge in [0.2, 0.25) is 5.91 Å². The SMILES string of the molecule is Cc1cc(NC(=O)C23CC(F)(C2)C3)sn1. The highest BCUT2D eigenvalue weighted by Crippen LogP contribution is 2.69. The van der Waals surface area contributed by atoms with E-state index in [4.69, 9.17) is 0 Å². The Morgan fingerprint density at radius 1 is 1.60 bits per heavy atom. The zero-order valence-corrected chi connectivity index (χ0v) is 9.16. The molecule has 4 rings (SSSR count). The molecule has 80 valence electrons. The molecule has 0 radical (unpaired) electrons. The standard InChI is InChI=1S/C10H11FN2OS/c1-6-2-7(15-13-6)12-8(14)9-3-10(11,4-9)5-9/h2H,3-5H2,1H3,(H,12,14). The zero-order valence-electron chi connectivity index (χ0n) is 8.34. The number of rotatable bonds is 2. The van der Waals surface area contributed by atoms with Crippen molar-refractivity contribution in [3.63, 3.8) is 0 Å². The Morgan fingerprint density at radius 3 is 2.73 bits per heavy atom. The number of halogens is 1. The van der Waals surface area contributed by atoms with Gasteiger partial charge in [0.1, 0.15) is 10.7 Å². The van der Waals surface area contributed by atoms with Gasteiger partial charge in [0.15, 0.2) is 0 Å². The van der Waals surface area contributed by atoms with Gasteiger partial charge in [-0.2, -0.15) is 4.37 Å². The molecule has 0 spiro atoms. The minimum absolute atomic E-state index is 0.0364. The van der Waals surface area contributed by atoms with Crippen molar-refractivity contribution in [2.24, 2.45) is 5.41 Å². The molecule has 5 heteroatoms. The van der Waals surface area contributed by atoms with Gasteiger partial charge in [0.25, 0.3) is 0 Å². The minimum atomic E-state index is -1.01. The predicted octanol–water partition coefficient (Wildman–Crippen LogP) is 2.28. The molecule has 15 heavy (non-hydrogen) atoms. The summed E-state index contributed by atoms with van der Waals surface area (Å²) < 4.78 is 17.3. The molecule has 3 fully saturated rings. The Morgan fingerprint density at radius 2 is 2.27 bits per heavy atom. The first-order valence-electron chi connectivity index (χ1n) is 4.95. The summed E-state index contributed by atoms with van der Waals surface area (Å²) in [6.07, 6.45) is 1.22. The van der Waals surface area contributed by atoms with E-state index in [-0.39, 0.29) is 5.91 Å². The average molecular weight is 226 g/mol. The molecule has 3 aliphatic rings. The maximum Gasteiger partial charge on any atom is 0.231 e. The van der Waals surface area contributed by atoms with Gasteiger partial charge in [0, 0.05) is 0 Å². The molecular formula is C10H11FN2OS. The Kier molecular flexibility index (Phi) is 1.60. The Hall–Kier alpha value is -0.970. The molecule has 2 bridgehead atoms. The summed E-state index contributed by atoms with van der Waals surface area (Å²) in [5.74, 6) is -0.0364. The highest BCUT2D eigenvalue weighted by molar-refractivity contribution is 7.10. The van der Waals surface area contributed by atoms with Crippen LogP contribution in [0.25, 0.3) is 0 Å². The maximum absolute atomic E-state index is 13.2. The van der Waals surface area contributed by atoms with Crippen LogP contribution in [0, 0.1) is 12.3 Å². The number of hydrogen-bond donors (Lipinski definition) is 1. The number of carbonyl (C=O) groups is 1. The number of carbonyl (C=O) groups excluding carboxylic acids is 1. The quantitative estimate of drug-likeness (QED) is 0.840. The molecule has 1 heterocycles. The first-order chi connectivity index (χ1) is 7.01. The van der Waals surface area contributed by atoms with Gasteiger partial charge in [0.05, 0.1) is 11.1 Å². The number of nitrogens with zero attached hydrogens (tertiary/aromatic N) is 1. The largest absolute Gasteiger partial charge is 0.316 e. The summed E-state index contributed by atoms with van der Waals surface area (Å²) >= 11 is 1.27. The third-order valence-corrected chi connectivity index (χ3v) is 4.11.